The number of benzene rings is 1. The minimum atomic E-state index is -0.414. The predicted octanol–water partition coefficient (Wildman–Crippen LogP) is 1.98. The van der Waals surface area contributed by atoms with E-state index in [2.05, 4.69) is 9.97 Å². The van der Waals surface area contributed by atoms with Crippen molar-refractivity contribution in [1.82, 2.24) is 9.97 Å². The summed E-state index contributed by atoms with van der Waals surface area (Å²) < 4.78 is 0. The van der Waals surface area contributed by atoms with Crippen LogP contribution in [0.3, 0.4) is 0 Å². The molecule has 80 valence electrons. The van der Waals surface area contributed by atoms with Gasteiger partial charge in [0.2, 0.25) is 0 Å². The molecule has 0 radical (unpaired) electrons. The summed E-state index contributed by atoms with van der Waals surface area (Å²) >= 11 is 0. The summed E-state index contributed by atoms with van der Waals surface area (Å²) in [4.78, 5) is 18.2. The lowest BCUT2D eigenvalue weighted by molar-refractivity contribution is -0.384. The normalized spacial score (nSPS) is 10.0. The van der Waals surface area contributed by atoms with E-state index in [1.165, 1.54) is 12.1 Å². The second-order valence-corrected chi connectivity index (χ2v) is 3.27. The van der Waals surface area contributed by atoms with Gasteiger partial charge in [-0.3, -0.25) is 10.1 Å². The highest BCUT2D eigenvalue weighted by Crippen LogP contribution is 2.13. The van der Waals surface area contributed by atoms with E-state index in [-0.39, 0.29) is 5.69 Å². The lowest BCUT2D eigenvalue weighted by Crippen LogP contribution is -1.95. The Bertz CT molecular complexity index is 482. The molecule has 0 bridgehead atoms. The number of nitro groups is 1. The Morgan fingerprint density at radius 2 is 1.75 bits per heavy atom. The van der Waals surface area contributed by atoms with Gasteiger partial charge in [0.15, 0.2) is 0 Å². The molecule has 0 N–H and O–H groups in total. The fourth-order valence-electron chi connectivity index (χ4n) is 1.34. The number of nitro benzene ring substituents is 1. The van der Waals surface area contributed by atoms with Gasteiger partial charge in [-0.1, -0.05) is 12.1 Å². The Kier molecular flexibility index (Phi) is 2.86. The van der Waals surface area contributed by atoms with Crippen LogP contribution in [0.15, 0.2) is 42.7 Å². The fraction of sp³-hybridized carbons (Fsp3) is 0.0909. The van der Waals surface area contributed by atoms with Gasteiger partial charge in [-0.25, -0.2) is 9.97 Å². The van der Waals surface area contributed by atoms with E-state index in [1.807, 2.05) is 0 Å². The minimum absolute atomic E-state index is 0.0951. The monoisotopic (exact) mass is 215 g/mol. The zero-order valence-electron chi connectivity index (χ0n) is 8.41. The lowest BCUT2D eigenvalue weighted by Gasteiger charge is -1.99. The average molecular weight is 215 g/mol. The number of hydrogen-bond acceptors (Lipinski definition) is 4. The van der Waals surface area contributed by atoms with E-state index in [1.54, 1.807) is 30.6 Å². The Balaban J connectivity index is 2.14. The van der Waals surface area contributed by atoms with E-state index in [0.29, 0.717) is 12.2 Å². The molecule has 5 heteroatoms. The molecule has 0 aliphatic carbocycles. The quantitative estimate of drug-likeness (QED) is 0.579. The molecule has 0 fully saturated rings. The van der Waals surface area contributed by atoms with E-state index in [4.69, 9.17) is 0 Å². The molecule has 0 saturated carbocycles. The summed E-state index contributed by atoms with van der Waals surface area (Å²) in [5.41, 5.74) is 1.05. The number of aromatic nitrogens is 2. The van der Waals surface area contributed by atoms with Crippen molar-refractivity contribution in [1.29, 1.82) is 0 Å². The van der Waals surface area contributed by atoms with Gasteiger partial charge in [-0.15, -0.1) is 0 Å². The Morgan fingerprint density at radius 1 is 1.12 bits per heavy atom. The van der Waals surface area contributed by atoms with Crippen LogP contribution in [0, 0.1) is 10.1 Å². The number of hydrogen-bond donors (Lipinski definition) is 0. The van der Waals surface area contributed by atoms with Crippen molar-refractivity contribution < 1.29 is 4.92 Å². The highest BCUT2D eigenvalue weighted by molar-refractivity contribution is 5.33. The third kappa shape index (κ3) is 2.38. The number of non-ortho nitro benzene ring substituents is 1. The molecule has 0 unspecified atom stereocenters. The molecular weight excluding hydrogens is 206 g/mol. The van der Waals surface area contributed by atoms with Crippen molar-refractivity contribution in [2.45, 2.75) is 6.42 Å². The maximum Gasteiger partial charge on any atom is 0.269 e. The van der Waals surface area contributed by atoms with Gasteiger partial charge in [0, 0.05) is 30.9 Å². The molecule has 16 heavy (non-hydrogen) atoms. The third-order valence-corrected chi connectivity index (χ3v) is 2.13. The standard InChI is InChI=1S/C11H9N3O2/c15-14(16)10-4-2-9(3-5-10)8-11-12-6-1-7-13-11/h1-7H,8H2. The summed E-state index contributed by atoms with van der Waals surface area (Å²) in [7, 11) is 0. The first-order chi connectivity index (χ1) is 7.75. The smallest absolute Gasteiger partial charge is 0.258 e. The van der Waals surface area contributed by atoms with Gasteiger partial charge in [-0.05, 0) is 11.6 Å². The van der Waals surface area contributed by atoms with Crippen LogP contribution in [0.1, 0.15) is 11.4 Å². The highest BCUT2D eigenvalue weighted by Gasteiger charge is 2.04. The van der Waals surface area contributed by atoms with E-state index < -0.39 is 4.92 Å². The molecule has 0 spiro atoms. The van der Waals surface area contributed by atoms with Crippen molar-refractivity contribution >= 4 is 5.69 Å². The van der Waals surface area contributed by atoms with Crippen molar-refractivity contribution in [3.8, 4) is 0 Å². The maximum atomic E-state index is 10.5. The zero-order chi connectivity index (χ0) is 11.4. The van der Waals surface area contributed by atoms with Gasteiger partial charge >= 0.3 is 0 Å². The molecule has 1 aromatic carbocycles. The summed E-state index contributed by atoms with van der Waals surface area (Å²) in [6.07, 6.45) is 3.93. The number of nitrogens with zero attached hydrogens (tertiary/aromatic N) is 3. The first kappa shape index (κ1) is 10.2. The average Bonchev–Trinajstić information content (AvgIpc) is 2.31. The van der Waals surface area contributed by atoms with Crippen LogP contribution >= 0.6 is 0 Å². The second kappa shape index (κ2) is 4.48. The van der Waals surface area contributed by atoms with Crippen molar-refractivity contribution in [3.05, 3.63) is 64.2 Å². The zero-order valence-corrected chi connectivity index (χ0v) is 8.41. The Labute approximate surface area is 91.9 Å². The van der Waals surface area contributed by atoms with Crippen LogP contribution in [-0.4, -0.2) is 14.9 Å². The van der Waals surface area contributed by atoms with Crippen LogP contribution < -0.4 is 0 Å². The largest absolute Gasteiger partial charge is 0.269 e. The van der Waals surface area contributed by atoms with Crippen LogP contribution in [0.5, 0.6) is 0 Å². The van der Waals surface area contributed by atoms with Gasteiger partial charge in [0.1, 0.15) is 5.82 Å². The Hall–Kier alpha value is -2.30. The van der Waals surface area contributed by atoms with Gasteiger partial charge in [0.05, 0.1) is 4.92 Å². The summed E-state index contributed by atoms with van der Waals surface area (Å²) in [5.74, 6) is 0.705. The number of rotatable bonds is 3. The third-order valence-electron chi connectivity index (χ3n) is 2.13. The lowest BCUT2D eigenvalue weighted by atomic mass is 10.1. The molecule has 0 aliphatic heterocycles. The van der Waals surface area contributed by atoms with Gasteiger partial charge < -0.3 is 0 Å². The maximum absolute atomic E-state index is 10.5. The fourth-order valence-corrected chi connectivity index (χ4v) is 1.34. The molecule has 0 aliphatic rings. The predicted molar refractivity (Wildman–Crippen MR) is 57.9 cm³/mol. The van der Waals surface area contributed by atoms with E-state index in [0.717, 1.165) is 5.56 Å². The van der Waals surface area contributed by atoms with Crippen molar-refractivity contribution in [3.63, 3.8) is 0 Å². The SMILES string of the molecule is O=[N+]([O-])c1ccc(Cc2ncccn2)cc1. The van der Waals surface area contributed by atoms with Gasteiger partial charge in [-0.2, -0.15) is 0 Å². The van der Waals surface area contributed by atoms with Crippen LogP contribution in [-0.2, 0) is 6.42 Å². The molecule has 2 aromatic rings. The molecule has 0 atom stereocenters. The van der Waals surface area contributed by atoms with E-state index >= 15 is 0 Å². The van der Waals surface area contributed by atoms with Gasteiger partial charge in [0.25, 0.3) is 5.69 Å². The first-order valence-corrected chi connectivity index (χ1v) is 4.75. The highest BCUT2D eigenvalue weighted by atomic mass is 16.6. The summed E-state index contributed by atoms with van der Waals surface area (Å²) in [5, 5.41) is 10.5. The molecular formula is C11H9N3O2. The van der Waals surface area contributed by atoms with E-state index in [9.17, 15) is 10.1 Å². The minimum Gasteiger partial charge on any atom is -0.258 e. The molecule has 1 aromatic heterocycles. The second-order valence-electron chi connectivity index (χ2n) is 3.27. The van der Waals surface area contributed by atoms with Crippen LogP contribution in [0.2, 0.25) is 0 Å². The van der Waals surface area contributed by atoms with Crippen molar-refractivity contribution in [2.75, 3.05) is 0 Å². The summed E-state index contributed by atoms with van der Waals surface area (Å²) in [6.45, 7) is 0. The van der Waals surface area contributed by atoms with Crippen LogP contribution in [0.25, 0.3) is 0 Å². The van der Waals surface area contributed by atoms with Crippen molar-refractivity contribution in [2.24, 2.45) is 0 Å². The topological polar surface area (TPSA) is 68.9 Å². The molecule has 0 amide bonds. The molecule has 2 rings (SSSR count). The Morgan fingerprint density at radius 3 is 2.31 bits per heavy atom. The molecule has 1 heterocycles. The van der Waals surface area contributed by atoms with Crippen LogP contribution in [0.4, 0.5) is 5.69 Å². The summed E-state index contributed by atoms with van der Waals surface area (Å²) in [6, 6.07) is 8.15. The first-order valence-electron chi connectivity index (χ1n) is 4.75. The molecule has 0 saturated heterocycles. The molecule has 5 nitrogen and oxygen atoms in total.